The molecule has 0 fully saturated rings. The SMILES string of the molecule is Cc1ccc(-c2cncc(S(C)(=O)=O)c2)cc1. The first kappa shape index (κ1) is 11.8. The third kappa shape index (κ3) is 2.71. The van der Waals surface area contributed by atoms with Gasteiger partial charge in [0.2, 0.25) is 0 Å². The molecule has 3 nitrogen and oxygen atoms in total. The van der Waals surface area contributed by atoms with Crippen molar-refractivity contribution in [2.75, 3.05) is 6.26 Å². The van der Waals surface area contributed by atoms with E-state index >= 15 is 0 Å². The molecule has 0 atom stereocenters. The minimum absolute atomic E-state index is 0.246. The molecule has 2 rings (SSSR count). The smallest absolute Gasteiger partial charge is 0.177 e. The van der Waals surface area contributed by atoms with Gasteiger partial charge in [0.05, 0.1) is 4.90 Å². The lowest BCUT2D eigenvalue weighted by Gasteiger charge is -2.04. The van der Waals surface area contributed by atoms with Gasteiger partial charge in [-0.1, -0.05) is 29.8 Å². The van der Waals surface area contributed by atoms with Gasteiger partial charge in [0.15, 0.2) is 9.84 Å². The summed E-state index contributed by atoms with van der Waals surface area (Å²) in [5.74, 6) is 0. The van der Waals surface area contributed by atoms with Gasteiger partial charge >= 0.3 is 0 Å². The van der Waals surface area contributed by atoms with Crippen molar-refractivity contribution in [3.63, 3.8) is 0 Å². The molecule has 1 heterocycles. The van der Waals surface area contributed by atoms with Crippen molar-refractivity contribution in [1.82, 2.24) is 4.98 Å². The molecular formula is C13H13NO2S. The zero-order valence-corrected chi connectivity index (χ0v) is 10.5. The van der Waals surface area contributed by atoms with E-state index in [1.54, 1.807) is 12.3 Å². The molecule has 0 saturated carbocycles. The van der Waals surface area contributed by atoms with Crippen LogP contribution in [-0.2, 0) is 9.84 Å². The van der Waals surface area contributed by atoms with Crippen LogP contribution in [0.15, 0.2) is 47.6 Å². The van der Waals surface area contributed by atoms with Crippen LogP contribution in [0.3, 0.4) is 0 Å². The number of nitrogens with zero attached hydrogens (tertiary/aromatic N) is 1. The molecule has 0 aliphatic heterocycles. The molecule has 0 aliphatic rings. The van der Waals surface area contributed by atoms with Crippen molar-refractivity contribution < 1.29 is 8.42 Å². The first-order chi connectivity index (χ1) is 7.97. The van der Waals surface area contributed by atoms with Crippen LogP contribution < -0.4 is 0 Å². The van der Waals surface area contributed by atoms with E-state index in [0.717, 1.165) is 11.1 Å². The molecule has 1 aromatic heterocycles. The average molecular weight is 247 g/mol. The fourth-order valence-corrected chi connectivity index (χ4v) is 2.12. The Morgan fingerprint density at radius 1 is 1.00 bits per heavy atom. The number of aryl methyl sites for hydroxylation is 1. The number of hydrogen-bond donors (Lipinski definition) is 0. The van der Waals surface area contributed by atoms with E-state index in [1.807, 2.05) is 31.2 Å². The van der Waals surface area contributed by atoms with Crippen LogP contribution in [0, 0.1) is 6.92 Å². The molecule has 1 aromatic carbocycles. The topological polar surface area (TPSA) is 47.0 Å². The van der Waals surface area contributed by atoms with Gasteiger partial charge < -0.3 is 0 Å². The summed E-state index contributed by atoms with van der Waals surface area (Å²) in [5.41, 5.74) is 2.95. The van der Waals surface area contributed by atoms with E-state index in [9.17, 15) is 8.42 Å². The molecule has 0 saturated heterocycles. The number of rotatable bonds is 2. The van der Waals surface area contributed by atoms with Crippen LogP contribution in [0.25, 0.3) is 11.1 Å². The summed E-state index contributed by atoms with van der Waals surface area (Å²) in [6, 6.07) is 9.54. The molecule has 88 valence electrons. The highest BCUT2D eigenvalue weighted by Gasteiger charge is 2.08. The molecule has 0 spiro atoms. The second kappa shape index (κ2) is 4.30. The van der Waals surface area contributed by atoms with Gasteiger partial charge in [-0.15, -0.1) is 0 Å². The van der Waals surface area contributed by atoms with E-state index in [4.69, 9.17) is 0 Å². The number of aromatic nitrogens is 1. The maximum absolute atomic E-state index is 11.4. The van der Waals surface area contributed by atoms with Gasteiger partial charge in [0.25, 0.3) is 0 Å². The van der Waals surface area contributed by atoms with Crippen molar-refractivity contribution >= 4 is 9.84 Å². The lowest BCUT2D eigenvalue weighted by Crippen LogP contribution is -1.98. The van der Waals surface area contributed by atoms with E-state index in [-0.39, 0.29) is 4.90 Å². The van der Waals surface area contributed by atoms with Gasteiger partial charge in [0, 0.05) is 24.2 Å². The monoisotopic (exact) mass is 247 g/mol. The molecule has 4 heteroatoms. The molecule has 0 radical (unpaired) electrons. The van der Waals surface area contributed by atoms with Crippen LogP contribution in [0.5, 0.6) is 0 Å². The normalized spacial score (nSPS) is 11.4. The van der Waals surface area contributed by atoms with Crippen LogP contribution in [-0.4, -0.2) is 19.7 Å². The molecule has 0 unspecified atom stereocenters. The Bertz CT molecular complexity index is 631. The zero-order valence-electron chi connectivity index (χ0n) is 9.71. The summed E-state index contributed by atoms with van der Waals surface area (Å²) in [6.45, 7) is 2.01. The van der Waals surface area contributed by atoms with E-state index in [2.05, 4.69) is 4.98 Å². The summed E-state index contributed by atoms with van der Waals surface area (Å²) in [4.78, 5) is 4.22. The minimum Gasteiger partial charge on any atom is -0.263 e. The quantitative estimate of drug-likeness (QED) is 0.819. The lowest BCUT2D eigenvalue weighted by molar-refractivity contribution is 0.601. The second-order valence-corrected chi connectivity index (χ2v) is 6.06. The van der Waals surface area contributed by atoms with Crippen LogP contribution in [0.4, 0.5) is 0 Å². The molecule has 0 amide bonds. The molecule has 17 heavy (non-hydrogen) atoms. The van der Waals surface area contributed by atoms with Crippen molar-refractivity contribution in [1.29, 1.82) is 0 Å². The summed E-state index contributed by atoms with van der Waals surface area (Å²) in [7, 11) is -3.20. The molecule has 0 aliphatic carbocycles. The Hall–Kier alpha value is -1.68. The van der Waals surface area contributed by atoms with Crippen molar-refractivity contribution in [2.45, 2.75) is 11.8 Å². The third-order valence-electron chi connectivity index (χ3n) is 2.53. The molecule has 2 aromatic rings. The Kier molecular flexibility index (Phi) is 2.98. The third-order valence-corrected chi connectivity index (χ3v) is 3.61. The van der Waals surface area contributed by atoms with Gasteiger partial charge in [-0.2, -0.15) is 0 Å². The Morgan fingerprint density at radius 2 is 1.65 bits per heavy atom. The lowest BCUT2D eigenvalue weighted by atomic mass is 10.1. The van der Waals surface area contributed by atoms with Gasteiger partial charge in [-0.05, 0) is 18.6 Å². The standard InChI is InChI=1S/C13H13NO2S/c1-10-3-5-11(6-4-10)12-7-13(9-14-8-12)17(2,15)16/h3-9H,1-2H3. The minimum atomic E-state index is -3.20. The largest absolute Gasteiger partial charge is 0.263 e. The maximum atomic E-state index is 11.4. The van der Waals surface area contributed by atoms with Crippen molar-refractivity contribution in [3.8, 4) is 11.1 Å². The number of benzene rings is 1. The van der Waals surface area contributed by atoms with Gasteiger partial charge in [0.1, 0.15) is 0 Å². The van der Waals surface area contributed by atoms with Crippen molar-refractivity contribution in [3.05, 3.63) is 48.3 Å². The Labute approximate surface area is 101 Å². The number of hydrogen-bond acceptors (Lipinski definition) is 3. The van der Waals surface area contributed by atoms with Crippen LogP contribution in [0.1, 0.15) is 5.56 Å². The second-order valence-electron chi connectivity index (χ2n) is 4.05. The van der Waals surface area contributed by atoms with Gasteiger partial charge in [-0.3, -0.25) is 4.98 Å². The highest BCUT2D eigenvalue weighted by molar-refractivity contribution is 7.90. The fraction of sp³-hybridized carbons (Fsp3) is 0.154. The summed E-state index contributed by atoms with van der Waals surface area (Å²) >= 11 is 0. The van der Waals surface area contributed by atoms with Crippen LogP contribution >= 0.6 is 0 Å². The number of sulfone groups is 1. The van der Waals surface area contributed by atoms with Crippen LogP contribution in [0.2, 0.25) is 0 Å². The first-order valence-electron chi connectivity index (χ1n) is 5.19. The van der Waals surface area contributed by atoms with E-state index in [0.29, 0.717) is 0 Å². The first-order valence-corrected chi connectivity index (χ1v) is 7.08. The zero-order chi connectivity index (χ0) is 12.5. The van der Waals surface area contributed by atoms with E-state index < -0.39 is 9.84 Å². The summed E-state index contributed by atoms with van der Waals surface area (Å²) < 4.78 is 22.9. The Morgan fingerprint density at radius 3 is 2.24 bits per heavy atom. The van der Waals surface area contributed by atoms with E-state index in [1.165, 1.54) is 18.0 Å². The number of pyridine rings is 1. The summed E-state index contributed by atoms with van der Waals surface area (Å²) in [5, 5.41) is 0. The van der Waals surface area contributed by atoms with Crippen molar-refractivity contribution in [2.24, 2.45) is 0 Å². The Balaban J connectivity index is 2.50. The summed E-state index contributed by atoms with van der Waals surface area (Å²) in [6.07, 6.45) is 4.22. The maximum Gasteiger partial charge on any atom is 0.177 e. The highest BCUT2D eigenvalue weighted by Crippen LogP contribution is 2.21. The predicted molar refractivity (Wildman–Crippen MR) is 67.5 cm³/mol. The molecule has 0 bridgehead atoms. The van der Waals surface area contributed by atoms with Gasteiger partial charge in [-0.25, -0.2) is 8.42 Å². The predicted octanol–water partition coefficient (Wildman–Crippen LogP) is 2.46. The molecular weight excluding hydrogens is 234 g/mol. The highest BCUT2D eigenvalue weighted by atomic mass is 32.2. The molecule has 0 N–H and O–H groups in total. The fourth-order valence-electron chi connectivity index (χ4n) is 1.53. The average Bonchev–Trinajstić information content (AvgIpc) is 2.29.